The lowest BCUT2D eigenvalue weighted by atomic mass is 10.3. The van der Waals surface area contributed by atoms with Crippen LogP contribution in [-0.4, -0.2) is 25.9 Å². The molecule has 0 saturated heterocycles. The normalized spacial score (nSPS) is 11.6. The van der Waals surface area contributed by atoms with E-state index in [1.165, 1.54) is 0 Å². The van der Waals surface area contributed by atoms with Crippen molar-refractivity contribution in [3.63, 3.8) is 0 Å². The highest BCUT2D eigenvalue weighted by atomic mass is 32.2. The molecule has 0 radical (unpaired) electrons. The topological polar surface area (TPSA) is 66.4 Å². The van der Waals surface area contributed by atoms with Crippen molar-refractivity contribution in [1.82, 2.24) is 0 Å². The van der Waals surface area contributed by atoms with Crippen molar-refractivity contribution in [2.24, 2.45) is 0 Å². The summed E-state index contributed by atoms with van der Waals surface area (Å²) in [5, 5.41) is 8.50. The van der Waals surface area contributed by atoms with Crippen molar-refractivity contribution in [3.05, 3.63) is 29.6 Å². The van der Waals surface area contributed by atoms with E-state index in [0.717, 1.165) is 0 Å². The zero-order valence-electron chi connectivity index (χ0n) is 9.29. The Labute approximate surface area is 102 Å². The van der Waals surface area contributed by atoms with Crippen molar-refractivity contribution in [2.45, 2.75) is 12.8 Å². The van der Waals surface area contributed by atoms with Crippen LogP contribution in [0.3, 0.4) is 0 Å². The van der Waals surface area contributed by atoms with Gasteiger partial charge in [0.05, 0.1) is 11.4 Å². The van der Waals surface area contributed by atoms with Crippen LogP contribution in [0.25, 0.3) is 0 Å². The Morgan fingerprint density at radius 3 is 2.44 bits per heavy atom. The van der Waals surface area contributed by atoms with Crippen LogP contribution in [0.15, 0.2) is 12.1 Å². The number of aliphatic hydroxyl groups is 1. The molecule has 0 amide bonds. The maximum Gasteiger partial charge on any atom is 0.232 e. The molecule has 0 aliphatic carbocycles. The summed E-state index contributed by atoms with van der Waals surface area (Å²) < 4.78 is 63.5. The summed E-state index contributed by atoms with van der Waals surface area (Å²) in [6.45, 7) is -0.168. The smallest absolute Gasteiger partial charge is 0.232 e. The lowest BCUT2D eigenvalue weighted by Crippen LogP contribution is -2.18. The van der Waals surface area contributed by atoms with E-state index in [1.807, 2.05) is 0 Å². The number of benzene rings is 1. The number of unbranched alkanes of at least 4 members (excludes halogenated alkanes) is 1. The third kappa shape index (κ3) is 4.19. The molecule has 0 spiro atoms. The van der Waals surface area contributed by atoms with E-state index < -0.39 is 33.2 Å². The van der Waals surface area contributed by atoms with Crippen molar-refractivity contribution in [1.29, 1.82) is 0 Å². The summed E-state index contributed by atoms with van der Waals surface area (Å²) in [5.41, 5.74) is -0.767. The molecule has 1 rings (SSSR count). The molecule has 0 atom stereocenters. The average Bonchev–Trinajstić information content (AvgIpc) is 2.25. The average molecular weight is 283 g/mol. The summed E-state index contributed by atoms with van der Waals surface area (Å²) >= 11 is 0. The number of rotatable bonds is 6. The van der Waals surface area contributed by atoms with Crippen LogP contribution in [0.1, 0.15) is 12.8 Å². The van der Waals surface area contributed by atoms with Gasteiger partial charge < -0.3 is 5.11 Å². The van der Waals surface area contributed by atoms with Crippen molar-refractivity contribution >= 4 is 15.7 Å². The maximum absolute atomic E-state index is 13.2. The van der Waals surface area contributed by atoms with E-state index in [9.17, 15) is 21.6 Å². The molecule has 0 unspecified atom stereocenters. The van der Waals surface area contributed by atoms with Crippen LogP contribution in [0.2, 0.25) is 0 Å². The van der Waals surface area contributed by atoms with E-state index in [-0.39, 0.29) is 25.2 Å². The minimum Gasteiger partial charge on any atom is -0.396 e. The van der Waals surface area contributed by atoms with E-state index in [0.29, 0.717) is 12.1 Å². The van der Waals surface area contributed by atoms with E-state index in [1.54, 1.807) is 4.72 Å². The number of anilines is 1. The molecular weight excluding hydrogens is 271 g/mol. The van der Waals surface area contributed by atoms with Crippen molar-refractivity contribution in [2.75, 3.05) is 17.1 Å². The molecule has 1 aromatic rings. The molecule has 8 heteroatoms. The number of hydrogen-bond donors (Lipinski definition) is 2. The van der Waals surface area contributed by atoms with Crippen LogP contribution in [0, 0.1) is 17.5 Å². The second-order valence-electron chi connectivity index (χ2n) is 3.60. The minimum absolute atomic E-state index is 0.158. The first-order chi connectivity index (χ1) is 8.35. The highest BCUT2D eigenvalue weighted by molar-refractivity contribution is 7.92. The zero-order chi connectivity index (χ0) is 13.8. The molecule has 4 nitrogen and oxygen atoms in total. The zero-order valence-corrected chi connectivity index (χ0v) is 10.1. The summed E-state index contributed by atoms with van der Waals surface area (Å²) in [7, 11) is -3.90. The third-order valence-corrected chi connectivity index (χ3v) is 3.44. The maximum atomic E-state index is 13.2. The predicted octanol–water partition coefficient (Wildman–Crippen LogP) is 1.62. The minimum atomic E-state index is -3.90. The molecule has 102 valence electrons. The van der Waals surface area contributed by atoms with Gasteiger partial charge in [0.2, 0.25) is 10.0 Å². The van der Waals surface area contributed by atoms with Gasteiger partial charge in [0.1, 0.15) is 5.82 Å². The first kappa shape index (κ1) is 14.8. The lowest BCUT2D eigenvalue weighted by Gasteiger charge is -2.09. The lowest BCUT2D eigenvalue weighted by molar-refractivity contribution is 0.287. The molecule has 1 aromatic carbocycles. The standard InChI is InChI=1S/C10H12F3NO3S/c11-7-5-8(12)10(13)9(6-7)14-18(16,17)4-2-1-3-15/h5-6,14-15H,1-4H2. The molecule has 0 bridgehead atoms. The number of nitrogens with one attached hydrogen (secondary N) is 1. The Morgan fingerprint density at radius 1 is 1.17 bits per heavy atom. The molecule has 0 aromatic heterocycles. The highest BCUT2D eigenvalue weighted by Crippen LogP contribution is 2.20. The quantitative estimate of drug-likeness (QED) is 0.616. The molecular formula is C10H12F3NO3S. The van der Waals surface area contributed by atoms with Gasteiger partial charge in [0.15, 0.2) is 11.6 Å². The summed E-state index contributed by atoms with van der Waals surface area (Å²) in [6.07, 6.45) is 0.423. The monoisotopic (exact) mass is 283 g/mol. The van der Waals surface area contributed by atoms with Gasteiger partial charge in [-0.2, -0.15) is 0 Å². The van der Waals surface area contributed by atoms with Crippen LogP contribution >= 0.6 is 0 Å². The number of halogens is 3. The molecule has 18 heavy (non-hydrogen) atoms. The van der Waals surface area contributed by atoms with Gasteiger partial charge in [-0.3, -0.25) is 4.72 Å². The summed E-state index contributed by atoms with van der Waals surface area (Å²) in [6, 6.07) is 0.876. The second kappa shape index (κ2) is 6.05. The number of sulfonamides is 1. The second-order valence-corrected chi connectivity index (χ2v) is 5.44. The Morgan fingerprint density at radius 2 is 1.83 bits per heavy atom. The van der Waals surface area contributed by atoms with Gasteiger partial charge >= 0.3 is 0 Å². The van der Waals surface area contributed by atoms with Gasteiger partial charge in [0, 0.05) is 18.7 Å². The molecule has 0 aliphatic heterocycles. The largest absolute Gasteiger partial charge is 0.396 e. The van der Waals surface area contributed by atoms with Crippen molar-refractivity contribution < 1.29 is 26.7 Å². The van der Waals surface area contributed by atoms with Gasteiger partial charge in [0.25, 0.3) is 0 Å². The van der Waals surface area contributed by atoms with Crippen LogP contribution in [0.5, 0.6) is 0 Å². The fourth-order valence-corrected chi connectivity index (χ4v) is 2.42. The molecule has 0 saturated carbocycles. The fraction of sp³-hybridized carbons (Fsp3) is 0.400. The van der Waals surface area contributed by atoms with Gasteiger partial charge in [-0.1, -0.05) is 0 Å². The summed E-state index contributed by atoms with van der Waals surface area (Å²) in [4.78, 5) is 0. The Hall–Kier alpha value is -1.28. The van der Waals surface area contributed by atoms with Crippen LogP contribution in [0.4, 0.5) is 18.9 Å². The third-order valence-electron chi connectivity index (χ3n) is 2.08. The van der Waals surface area contributed by atoms with E-state index in [2.05, 4.69) is 0 Å². The van der Waals surface area contributed by atoms with Gasteiger partial charge in [-0.15, -0.1) is 0 Å². The Kier molecular flexibility index (Phi) is 4.97. The van der Waals surface area contributed by atoms with Crippen LogP contribution in [-0.2, 0) is 10.0 Å². The van der Waals surface area contributed by atoms with Gasteiger partial charge in [-0.05, 0) is 12.8 Å². The first-order valence-electron chi connectivity index (χ1n) is 5.11. The highest BCUT2D eigenvalue weighted by Gasteiger charge is 2.16. The van der Waals surface area contributed by atoms with E-state index >= 15 is 0 Å². The Bertz CT molecular complexity index is 519. The SMILES string of the molecule is O=S(=O)(CCCCO)Nc1cc(F)cc(F)c1F. The van der Waals surface area contributed by atoms with E-state index in [4.69, 9.17) is 5.11 Å². The van der Waals surface area contributed by atoms with Crippen molar-refractivity contribution in [3.8, 4) is 0 Å². The first-order valence-corrected chi connectivity index (χ1v) is 6.77. The predicted molar refractivity (Wildman–Crippen MR) is 60.0 cm³/mol. The molecule has 0 aliphatic rings. The molecule has 0 fully saturated rings. The molecule has 0 heterocycles. The van der Waals surface area contributed by atoms with Crippen LogP contribution < -0.4 is 4.72 Å². The molecule has 2 N–H and O–H groups in total. The Balaban J connectivity index is 2.84. The number of hydrogen-bond acceptors (Lipinski definition) is 3. The fourth-order valence-electron chi connectivity index (χ4n) is 1.25. The summed E-state index contributed by atoms with van der Waals surface area (Å²) in [5.74, 6) is -4.38. The number of aliphatic hydroxyl groups excluding tert-OH is 1. The van der Waals surface area contributed by atoms with Gasteiger partial charge in [-0.25, -0.2) is 21.6 Å².